The second-order valence-electron chi connectivity index (χ2n) is 4.22. The highest BCUT2D eigenvalue weighted by Gasteiger charge is 2.09. The predicted molar refractivity (Wildman–Crippen MR) is 73.4 cm³/mol. The molecule has 0 aliphatic carbocycles. The normalized spacial score (nSPS) is 10.6. The Kier molecular flexibility index (Phi) is 2.76. The molecule has 94 valence electrons. The van der Waals surface area contributed by atoms with Crippen molar-refractivity contribution in [2.75, 3.05) is 5.73 Å². The molecule has 3 aromatic rings. The third kappa shape index (κ3) is 2.20. The number of hydrogen-bond acceptors (Lipinski definition) is 2. The van der Waals surface area contributed by atoms with Crippen LogP contribution in [0, 0.1) is 5.82 Å². The Hall–Kier alpha value is -2.62. The quantitative estimate of drug-likeness (QED) is 0.761. The van der Waals surface area contributed by atoms with E-state index in [1.54, 1.807) is 23.0 Å². The van der Waals surface area contributed by atoms with Crippen LogP contribution in [-0.4, -0.2) is 9.78 Å². The average molecular weight is 253 g/mol. The minimum atomic E-state index is -0.271. The lowest BCUT2D eigenvalue weighted by Crippen LogP contribution is -1.94. The first-order chi connectivity index (χ1) is 9.24. The van der Waals surface area contributed by atoms with Crippen molar-refractivity contribution in [1.82, 2.24) is 9.78 Å². The number of rotatable bonds is 2. The maximum atomic E-state index is 12.9. The molecule has 4 heteroatoms. The van der Waals surface area contributed by atoms with E-state index in [0.717, 1.165) is 16.9 Å². The van der Waals surface area contributed by atoms with Crippen molar-refractivity contribution in [3.63, 3.8) is 0 Å². The van der Waals surface area contributed by atoms with E-state index in [4.69, 9.17) is 5.73 Å². The van der Waals surface area contributed by atoms with E-state index in [0.29, 0.717) is 5.69 Å². The molecule has 0 amide bonds. The molecule has 0 bridgehead atoms. The lowest BCUT2D eigenvalue weighted by atomic mass is 10.1. The van der Waals surface area contributed by atoms with Crippen LogP contribution in [0.15, 0.2) is 60.8 Å². The molecule has 1 aromatic heterocycles. The third-order valence-corrected chi connectivity index (χ3v) is 2.88. The van der Waals surface area contributed by atoms with E-state index in [1.807, 2.05) is 30.3 Å². The smallest absolute Gasteiger partial charge is 0.123 e. The highest BCUT2D eigenvalue weighted by Crippen LogP contribution is 2.25. The van der Waals surface area contributed by atoms with Gasteiger partial charge in [0.2, 0.25) is 0 Å². The number of anilines is 1. The van der Waals surface area contributed by atoms with Gasteiger partial charge in [-0.2, -0.15) is 5.10 Å². The van der Waals surface area contributed by atoms with Gasteiger partial charge in [-0.05, 0) is 24.3 Å². The van der Waals surface area contributed by atoms with Gasteiger partial charge in [-0.15, -0.1) is 0 Å². The average Bonchev–Trinajstić information content (AvgIpc) is 2.83. The van der Waals surface area contributed by atoms with Crippen molar-refractivity contribution in [2.45, 2.75) is 0 Å². The van der Waals surface area contributed by atoms with Crippen LogP contribution < -0.4 is 5.73 Å². The number of nitrogens with two attached hydrogens (primary N) is 1. The SMILES string of the molecule is Nc1cn(-c2ccc(F)cc2)nc1-c1ccccc1. The van der Waals surface area contributed by atoms with Gasteiger partial charge in [0.25, 0.3) is 0 Å². The zero-order chi connectivity index (χ0) is 13.2. The molecular formula is C15H12FN3. The Labute approximate surface area is 110 Å². The zero-order valence-corrected chi connectivity index (χ0v) is 10.1. The minimum Gasteiger partial charge on any atom is -0.396 e. The molecule has 2 N–H and O–H groups in total. The van der Waals surface area contributed by atoms with Gasteiger partial charge in [0.05, 0.1) is 17.6 Å². The van der Waals surface area contributed by atoms with Crippen LogP contribution in [0.5, 0.6) is 0 Å². The van der Waals surface area contributed by atoms with E-state index in [2.05, 4.69) is 5.10 Å². The van der Waals surface area contributed by atoms with Crippen LogP contribution >= 0.6 is 0 Å². The molecule has 0 saturated carbocycles. The number of nitrogens with zero attached hydrogens (tertiary/aromatic N) is 2. The van der Waals surface area contributed by atoms with Gasteiger partial charge in [0, 0.05) is 5.56 Å². The fraction of sp³-hybridized carbons (Fsp3) is 0. The van der Waals surface area contributed by atoms with Crippen LogP contribution in [0.3, 0.4) is 0 Å². The highest BCUT2D eigenvalue weighted by atomic mass is 19.1. The predicted octanol–water partition coefficient (Wildman–Crippen LogP) is 3.26. The van der Waals surface area contributed by atoms with Gasteiger partial charge in [-0.25, -0.2) is 9.07 Å². The van der Waals surface area contributed by atoms with Crippen molar-refractivity contribution in [3.8, 4) is 16.9 Å². The standard InChI is InChI=1S/C15H12FN3/c16-12-6-8-13(9-7-12)19-10-14(17)15(18-19)11-4-2-1-3-5-11/h1-10H,17H2. The van der Waals surface area contributed by atoms with E-state index in [-0.39, 0.29) is 5.82 Å². The molecule has 0 atom stereocenters. The van der Waals surface area contributed by atoms with Crippen LogP contribution in [0.2, 0.25) is 0 Å². The summed E-state index contributed by atoms with van der Waals surface area (Å²) in [5, 5.41) is 4.45. The van der Waals surface area contributed by atoms with Crippen LogP contribution in [0.25, 0.3) is 16.9 Å². The molecule has 19 heavy (non-hydrogen) atoms. The third-order valence-electron chi connectivity index (χ3n) is 2.88. The number of benzene rings is 2. The summed E-state index contributed by atoms with van der Waals surface area (Å²) in [5.41, 5.74) is 9.04. The molecule has 0 fully saturated rings. The fourth-order valence-electron chi connectivity index (χ4n) is 1.93. The Morgan fingerprint density at radius 3 is 2.32 bits per heavy atom. The summed E-state index contributed by atoms with van der Waals surface area (Å²) in [5.74, 6) is -0.271. The summed E-state index contributed by atoms with van der Waals surface area (Å²) in [4.78, 5) is 0. The molecular weight excluding hydrogens is 241 g/mol. The van der Waals surface area contributed by atoms with Gasteiger partial charge < -0.3 is 5.73 Å². The molecule has 0 unspecified atom stereocenters. The lowest BCUT2D eigenvalue weighted by Gasteiger charge is -2.00. The van der Waals surface area contributed by atoms with E-state index in [1.165, 1.54) is 12.1 Å². The zero-order valence-electron chi connectivity index (χ0n) is 10.1. The van der Waals surface area contributed by atoms with Crippen LogP contribution in [-0.2, 0) is 0 Å². The summed E-state index contributed by atoms with van der Waals surface area (Å²) in [6, 6.07) is 15.8. The Bertz CT molecular complexity index is 687. The molecule has 0 aliphatic heterocycles. The second-order valence-corrected chi connectivity index (χ2v) is 4.22. The number of nitrogen functional groups attached to an aromatic ring is 1. The van der Waals surface area contributed by atoms with E-state index >= 15 is 0 Å². The van der Waals surface area contributed by atoms with Gasteiger partial charge in [0.1, 0.15) is 11.5 Å². The Morgan fingerprint density at radius 2 is 1.63 bits per heavy atom. The maximum Gasteiger partial charge on any atom is 0.123 e. The maximum absolute atomic E-state index is 12.9. The second kappa shape index (κ2) is 4.57. The minimum absolute atomic E-state index is 0.271. The lowest BCUT2D eigenvalue weighted by molar-refractivity contribution is 0.627. The van der Waals surface area contributed by atoms with Gasteiger partial charge in [0.15, 0.2) is 0 Å². The Balaban J connectivity index is 2.04. The molecule has 0 saturated heterocycles. The summed E-state index contributed by atoms with van der Waals surface area (Å²) >= 11 is 0. The summed E-state index contributed by atoms with van der Waals surface area (Å²) in [6.07, 6.45) is 1.73. The van der Waals surface area contributed by atoms with Gasteiger partial charge in [-0.3, -0.25) is 0 Å². The number of hydrogen-bond donors (Lipinski definition) is 1. The number of halogens is 1. The molecule has 0 aliphatic rings. The molecule has 1 heterocycles. The van der Waals surface area contributed by atoms with Crippen molar-refractivity contribution in [2.24, 2.45) is 0 Å². The van der Waals surface area contributed by atoms with Gasteiger partial charge in [-0.1, -0.05) is 30.3 Å². The summed E-state index contributed by atoms with van der Waals surface area (Å²) < 4.78 is 14.5. The summed E-state index contributed by atoms with van der Waals surface area (Å²) in [7, 11) is 0. The Morgan fingerprint density at radius 1 is 0.947 bits per heavy atom. The van der Waals surface area contributed by atoms with Crippen LogP contribution in [0.4, 0.5) is 10.1 Å². The first kappa shape index (κ1) is 11.5. The van der Waals surface area contributed by atoms with Crippen molar-refractivity contribution in [3.05, 3.63) is 66.6 Å². The topological polar surface area (TPSA) is 43.8 Å². The molecule has 0 radical (unpaired) electrons. The fourth-order valence-corrected chi connectivity index (χ4v) is 1.93. The number of aromatic nitrogens is 2. The first-order valence-electron chi connectivity index (χ1n) is 5.90. The largest absolute Gasteiger partial charge is 0.396 e. The molecule has 3 rings (SSSR count). The highest BCUT2D eigenvalue weighted by molar-refractivity contribution is 5.72. The molecule has 3 nitrogen and oxygen atoms in total. The van der Waals surface area contributed by atoms with E-state index < -0.39 is 0 Å². The van der Waals surface area contributed by atoms with Crippen molar-refractivity contribution in [1.29, 1.82) is 0 Å². The van der Waals surface area contributed by atoms with Crippen molar-refractivity contribution >= 4 is 5.69 Å². The molecule has 2 aromatic carbocycles. The van der Waals surface area contributed by atoms with Crippen molar-refractivity contribution < 1.29 is 4.39 Å². The van der Waals surface area contributed by atoms with Gasteiger partial charge >= 0.3 is 0 Å². The monoisotopic (exact) mass is 253 g/mol. The molecule has 0 spiro atoms. The van der Waals surface area contributed by atoms with Crippen LogP contribution in [0.1, 0.15) is 0 Å². The summed E-state index contributed by atoms with van der Waals surface area (Å²) in [6.45, 7) is 0. The first-order valence-corrected chi connectivity index (χ1v) is 5.90. The van der Waals surface area contributed by atoms with E-state index in [9.17, 15) is 4.39 Å².